The molecule has 4 heteroatoms. The number of hydrogen-bond donors (Lipinski definition) is 1. The Kier molecular flexibility index (Phi) is 6.52. The highest BCUT2D eigenvalue weighted by Gasteiger charge is 2.23. The molecule has 3 atom stereocenters. The van der Waals surface area contributed by atoms with Gasteiger partial charge in [0.05, 0.1) is 10.6 Å². The van der Waals surface area contributed by atoms with Gasteiger partial charge in [-0.05, 0) is 65.7 Å². The highest BCUT2D eigenvalue weighted by Crippen LogP contribution is 2.31. The average molecular weight is 356 g/mol. The van der Waals surface area contributed by atoms with Gasteiger partial charge in [0.25, 0.3) is 0 Å². The normalized spacial score (nSPS) is 23.8. The smallest absolute Gasteiger partial charge is 0.133 e. The van der Waals surface area contributed by atoms with Crippen molar-refractivity contribution in [1.29, 1.82) is 0 Å². The zero-order valence-electron chi connectivity index (χ0n) is 13.0. The van der Waals surface area contributed by atoms with Crippen molar-refractivity contribution in [3.05, 3.63) is 28.2 Å². The molecule has 2 rings (SSSR count). The molecular formula is C17H26BrNO2. The van der Waals surface area contributed by atoms with Crippen LogP contribution in [0.15, 0.2) is 22.7 Å². The summed E-state index contributed by atoms with van der Waals surface area (Å²) in [4.78, 5) is 0. The Morgan fingerprint density at radius 1 is 1.33 bits per heavy atom. The second-order valence-electron chi connectivity index (χ2n) is 5.90. The fourth-order valence-electron chi connectivity index (χ4n) is 2.82. The lowest BCUT2D eigenvalue weighted by Crippen LogP contribution is -2.29. The van der Waals surface area contributed by atoms with Gasteiger partial charge in [-0.2, -0.15) is 0 Å². The number of halogens is 1. The van der Waals surface area contributed by atoms with Crippen molar-refractivity contribution >= 4 is 15.9 Å². The number of hydrogen-bond acceptors (Lipinski definition) is 3. The molecule has 0 bridgehead atoms. The van der Waals surface area contributed by atoms with E-state index in [1.54, 1.807) is 7.11 Å². The summed E-state index contributed by atoms with van der Waals surface area (Å²) in [5.41, 5.74) is 7.26. The van der Waals surface area contributed by atoms with E-state index in [2.05, 4.69) is 41.1 Å². The number of rotatable bonds is 6. The van der Waals surface area contributed by atoms with Crippen LogP contribution in [0.1, 0.15) is 44.6 Å². The molecule has 3 unspecified atom stereocenters. The topological polar surface area (TPSA) is 44.5 Å². The highest BCUT2D eigenvalue weighted by atomic mass is 79.9. The van der Waals surface area contributed by atoms with E-state index >= 15 is 0 Å². The first kappa shape index (κ1) is 16.8. The maximum atomic E-state index is 6.15. The molecule has 2 N–H and O–H groups in total. The minimum Gasteiger partial charge on any atom is -0.489 e. The molecule has 0 amide bonds. The van der Waals surface area contributed by atoms with Gasteiger partial charge in [0.15, 0.2) is 0 Å². The van der Waals surface area contributed by atoms with Crippen LogP contribution in [0.4, 0.5) is 0 Å². The number of methoxy groups -OCH3 is 1. The quantitative estimate of drug-likeness (QED) is 0.836. The van der Waals surface area contributed by atoms with Crippen LogP contribution < -0.4 is 10.5 Å². The molecule has 1 aromatic carbocycles. The van der Waals surface area contributed by atoms with Gasteiger partial charge in [-0.1, -0.05) is 13.0 Å². The molecular weight excluding hydrogens is 330 g/mol. The zero-order valence-corrected chi connectivity index (χ0v) is 14.6. The van der Waals surface area contributed by atoms with Crippen molar-refractivity contribution in [2.24, 2.45) is 5.73 Å². The first-order valence-electron chi connectivity index (χ1n) is 7.85. The Morgan fingerprint density at radius 3 is 2.76 bits per heavy atom. The monoisotopic (exact) mass is 355 g/mol. The van der Waals surface area contributed by atoms with E-state index in [0.29, 0.717) is 6.10 Å². The van der Waals surface area contributed by atoms with Crippen molar-refractivity contribution in [1.82, 2.24) is 0 Å². The lowest BCUT2D eigenvalue weighted by Gasteiger charge is -2.29. The molecule has 1 fully saturated rings. The summed E-state index contributed by atoms with van der Waals surface area (Å²) >= 11 is 3.62. The van der Waals surface area contributed by atoms with Gasteiger partial charge in [0, 0.05) is 19.6 Å². The predicted octanol–water partition coefficient (Wildman–Crippen LogP) is 4.07. The van der Waals surface area contributed by atoms with Gasteiger partial charge >= 0.3 is 0 Å². The Balaban J connectivity index is 1.97. The van der Waals surface area contributed by atoms with Crippen LogP contribution in [-0.4, -0.2) is 25.4 Å². The maximum Gasteiger partial charge on any atom is 0.133 e. The van der Waals surface area contributed by atoms with E-state index in [-0.39, 0.29) is 12.1 Å². The van der Waals surface area contributed by atoms with Crippen molar-refractivity contribution in [2.75, 3.05) is 7.11 Å². The summed E-state index contributed by atoms with van der Waals surface area (Å²) in [5.74, 6) is 0.922. The van der Waals surface area contributed by atoms with Gasteiger partial charge < -0.3 is 15.2 Å². The fraction of sp³-hybridized carbons (Fsp3) is 0.647. The summed E-state index contributed by atoms with van der Waals surface area (Å²) < 4.78 is 12.6. The van der Waals surface area contributed by atoms with Crippen LogP contribution in [0.25, 0.3) is 0 Å². The van der Waals surface area contributed by atoms with Gasteiger partial charge in [0.1, 0.15) is 11.9 Å². The van der Waals surface area contributed by atoms with Crippen LogP contribution in [0.2, 0.25) is 0 Å². The summed E-state index contributed by atoms with van der Waals surface area (Å²) in [6.45, 7) is 2.12. The van der Waals surface area contributed by atoms with Crippen molar-refractivity contribution in [3.8, 4) is 5.75 Å². The predicted molar refractivity (Wildman–Crippen MR) is 89.8 cm³/mol. The first-order chi connectivity index (χ1) is 10.1. The van der Waals surface area contributed by atoms with Crippen LogP contribution in [0.3, 0.4) is 0 Å². The summed E-state index contributed by atoms with van der Waals surface area (Å²) in [6, 6.07) is 6.52. The second kappa shape index (κ2) is 8.16. The summed E-state index contributed by atoms with van der Waals surface area (Å²) in [6.07, 6.45) is 6.89. The van der Waals surface area contributed by atoms with Gasteiger partial charge in [-0.3, -0.25) is 0 Å². The zero-order chi connectivity index (χ0) is 15.2. The molecule has 1 aromatic rings. The summed E-state index contributed by atoms with van der Waals surface area (Å²) in [7, 11) is 1.79. The van der Waals surface area contributed by atoms with Crippen LogP contribution in [0, 0.1) is 0 Å². The average Bonchev–Trinajstić information content (AvgIpc) is 2.50. The molecule has 0 aliphatic heterocycles. The van der Waals surface area contributed by atoms with Crippen LogP contribution in [-0.2, 0) is 11.2 Å². The van der Waals surface area contributed by atoms with E-state index in [4.69, 9.17) is 15.2 Å². The van der Waals surface area contributed by atoms with Crippen molar-refractivity contribution in [2.45, 2.75) is 63.7 Å². The Hall–Kier alpha value is -0.580. The van der Waals surface area contributed by atoms with Crippen molar-refractivity contribution in [3.63, 3.8) is 0 Å². The van der Waals surface area contributed by atoms with E-state index in [1.165, 1.54) is 12.0 Å². The third-order valence-electron chi connectivity index (χ3n) is 4.22. The molecule has 0 spiro atoms. The van der Waals surface area contributed by atoms with Crippen LogP contribution >= 0.6 is 15.9 Å². The second-order valence-corrected chi connectivity index (χ2v) is 6.76. The molecule has 1 aliphatic carbocycles. The fourth-order valence-corrected chi connectivity index (χ4v) is 3.34. The third-order valence-corrected chi connectivity index (χ3v) is 4.84. The molecule has 21 heavy (non-hydrogen) atoms. The molecule has 0 aromatic heterocycles. The number of nitrogens with two attached hydrogens (primary N) is 1. The molecule has 1 aliphatic rings. The van der Waals surface area contributed by atoms with Gasteiger partial charge in [-0.15, -0.1) is 0 Å². The SMILES string of the molecule is CCC(N)Cc1ccc(OC2CCCC(OC)C2)c(Br)c1. The van der Waals surface area contributed by atoms with E-state index in [9.17, 15) is 0 Å². The lowest BCUT2D eigenvalue weighted by atomic mass is 9.95. The Morgan fingerprint density at radius 2 is 2.10 bits per heavy atom. The molecule has 118 valence electrons. The van der Waals surface area contributed by atoms with Gasteiger partial charge in [0.2, 0.25) is 0 Å². The Labute approximate surface area is 136 Å². The molecule has 0 heterocycles. The first-order valence-corrected chi connectivity index (χ1v) is 8.65. The minimum atomic E-state index is 0.226. The Bertz CT molecular complexity index is 452. The largest absolute Gasteiger partial charge is 0.489 e. The highest BCUT2D eigenvalue weighted by molar-refractivity contribution is 9.10. The molecule has 0 saturated heterocycles. The van der Waals surface area contributed by atoms with Crippen molar-refractivity contribution < 1.29 is 9.47 Å². The van der Waals surface area contributed by atoms with E-state index in [1.807, 2.05) is 0 Å². The van der Waals surface area contributed by atoms with Gasteiger partial charge in [-0.25, -0.2) is 0 Å². The van der Waals surface area contributed by atoms with E-state index < -0.39 is 0 Å². The minimum absolute atomic E-state index is 0.226. The van der Waals surface area contributed by atoms with E-state index in [0.717, 1.165) is 42.3 Å². The molecule has 3 nitrogen and oxygen atoms in total. The third kappa shape index (κ3) is 4.97. The number of benzene rings is 1. The van der Waals surface area contributed by atoms with Crippen LogP contribution in [0.5, 0.6) is 5.75 Å². The number of ether oxygens (including phenoxy) is 2. The molecule has 0 radical (unpaired) electrons. The maximum absolute atomic E-state index is 6.15. The lowest BCUT2D eigenvalue weighted by molar-refractivity contribution is 0.0207. The summed E-state index contributed by atoms with van der Waals surface area (Å²) in [5, 5.41) is 0. The molecule has 1 saturated carbocycles. The standard InChI is InChI=1S/C17H26BrNO2/c1-3-13(19)9-12-7-8-17(16(18)10-12)21-15-6-4-5-14(11-15)20-2/h7-8,10,13-15H,3-6,9,11,19H2,1-2H3.